The monoisotopic (exact) mass is 381 g/mol. The fourth-order valence-electron chi connectivity index (χ4n) is 4.49. The van der Waals surface area contributed by atoms with Gasteiger partial charge in [-0.15, -0.1) is 0 Å². The molecule has 2 fully saturated rings. The summed E-state index contributed by atoms with van der Waals surface area (Å²) in [5, 5.41) is 18.5. The second kappa shape index (κ2) is 8.60. The highest BCUT2D eigenvalue weighted by Crippen LogP contribution is 2.36. The smallest absolute Gasteiger partial charge is 0.132 e. The first-order valence-electron chi connectivity index (χ1n) is 10.5. The molecule has 0 amide bonds. The van der Waals surface area contributed by atoms with E-state index in [2.05, 4.69) is 40.3 Å². The largest absolute Gasteiger partial charge is 0.393 e. The number of morpholine rings is 1. The molecule has 1 aromatic carbocycles. The van der Waals surface area contributed by atoms with Crippen molar-refractivity contribution in [1.29, 1.82) is 5.41 Å². The van der Waals surface area contributed by atoms with Gasteiger partial charge in [0.2, 0.25) is 0 Å². The van der Waals surface area contributed by atoms with E-state index in [4.69, 9.17) is 10.1 Å². The first-order valence-corrected chi connectivity index (χ1v) is 10.5. The van der Waals surface area contributed by atoms with Crippen molar-refractivity contribution in [3.63, 3.8) is 0 Å². The molecule has 150 valence electrons. The topological polar surface area (TPSA) is 59.8 Å². The zero-order valence-electron chi connectivity index (χ0n) is 16.7. The predicted octanol–water partition coefficient (Wildman–Crippen LogP) is 3.40. The van der Waals surface area contributed by atoms with Crippen LogP contribution in [0.15, 0.2) is 42.1 Å². The summed E-state index contributed by atoms with van der Waals surface area (Å²) in [6.07, 6.45) is 7.59. The third-order valence-corrected chi connectivity index (χ3v) is 6.19. The SMILES string of the molecule is C/C=C1\C(=N)N([C@H]2CC[C@H](O)CC2)C=C1c1ccc(CN2CCOCC2)cc1. The predicted molar refractivity (Wildman–Crippen MR) is 112 cm³/mol. The molecular formula is C23H31N3O2. The van der Waals surface area contributed by atoms with Crippen LogP contribution in [-0.2, 0) is 11.3 Å². The van der Waals surface area contributed by atoms with Crippen LogP contribution in [0.25, 0.3) is 5.57 Å². The van der Waals surface area contributed by atoms with Crippen LogP contribution in [-0.4, -0.2) is 59.2 Å². The highest BCUT2D eigenvalue weighted by molar-refractivity contribution is 6.15. The van der Waals surface area contributed by atoms with Crippen LogP contribution in [0.4, 0.5) is 0 Å². The Morgan fingerprint density at radius 3 is 2.43 bits per heavy atom. The third-order valence-electron chi connectivity index (χ3n) is 6.19. The molecule has 0 unspecified atom stereocenters. The van der Waals surface area contributed by atoms with Gasteiger partial charge in [-0.05, 0) is 43.7 Å². The van der Waals surface area contributed by atoms with Crippen LogP contribution in [0.1, 0.15) is 43.7 Å². The molecule has 5 heteroatoms. The van der Waals surface area contributed by atoms with E-state index in [1.165, 1.54) is 11.1 Å². The molecule has 1 aromatic rings. The second-order valence-electron chi connectivity index (χ2n) is 8.05. The molecule has 2 heterocycles. The van der Waals surface area contributed by atoms with E-state index >= 15 is 0 Å². The van der Waals surface area contributed by atoms with Crippen molar-refractivity contribution in [3.05, 3.63) is 53.2 Å². The number of ether oxygens (including phenoxy) is 1. The van der Waals surface area contributed by atoms with Crippen LogP contribution in [0.3, 0.4) is 0 Å². The normalized spacial score (nSPS) is 28.1. The van der Waals surface area contributed by atoms with Gasteiger partial charge in [-0.1, -0.05) is 30.3 Å². The summed E-state index contributed by atoms with van der Waals surface area (Å²) in [7, 11) is 0. The molecule has 0 aromatic heterocycles. The van der Waals surface area contributed by atoms with E-state index in [0.29, 0.717) is 11.9 Å². The summed E-state index contributed by atoms with van der Waals surface area (Å²) < 4.78 is 5.43. The number of hydrogen-bond acceptors (Lipinski definition) is 4. The lowest BCUT2D eigenvalue weighted by Gasteiger charge is -2.32. The maximum absolute atomic E-state index is 9.80. The van der Waals surface area contributed by atoms with Gasteiger partial charge in [-0.2, -0.15) is 0 Å². The van der Waals surface area contributed by atoms with E-state index < -0.39 is 0 Å². The molecule has 3 aliphatic rings. The number of nitrogens with one attached hydrogen (secondary N) is 1. The number of benzene rings is 1. The molecule has 1 saturated heterocycles. The second-order valence-corrected chi connectivity index (χ2v) is 8.05. The number of nitrogens with zero attached hydrogens (tertiary/aromatic N) is 2. The fraction of sp³-hybridized carbons (Fsp3) is 0.522. The maximum Gasteiger partial charge on any atom is 0.132 e. The number of hydrogen-bond donors (Lipinski definition) is 2. The zero-order chi connectivity index (χ0) is 19.5. The minimum absolute atomic E-state index is 0.170. The van der Waals surface area contributed by atoms with E-state index in [9.17, 15) is 5.11 Å². The van der Waals surface area contributed by atoms with Gasteiger partial charge in [0.1, 0.15) is 5.84 Å². The lowest BCUT2D eigenvalue weighted by molar-refractivity contribution is 0.0342. The van der Waals surface area contributed by atoms with Gasteiger partial charge in [-0.25, -0.2) is 0 Å². The van der Waals surface area contributed by atoms with E-state index in [-0.39, 0.29) is 6.10 Å². The summed E-state index contributed by atoms with van der Waals surface area (Å²) in [4.78, 5) is 4.55. The summed E-state index contributed by atoms with van der Waals surface area (Å²) >= 11 is 0. The number of amidine groups is 1. The van der Waals surface area contributed by atoms with Crippen molar-refractivity contribution in [2.45, 2.75) is 51.3 Å². The fourth-order valence-corrected chi connectivity index (χ4v) is 4.49. The van der Waals surface area contributed by atoms with Gasteiger partial charge in [0, 0.05) is 43.0 Å². The molecule has 0 radical (unpaired) electrons. The average molecular weight is 382 g/mol. The van der Waals surface area contributed by atoms with E-state index in [1.54, 1.807) is 0 Å². The van der Waals surface area contributed by atoms with Crippen LogP contribution in [0, 0.1) is 5.41 Å². The minimum atomic E-state index is -0.170. The molecule has 0 bridgehead atoms. The summed E-state index contributed by atoms with van der Waals surface area (Å²) in [6.45, 7) is 6.62. The first kappa shape index (κ1) is 19.4. The third kappa shape index (κ3) is 4.07. The molecular weight excluding hydrogens is 350 g/mol. The Morgan fingerprint density at radius 2 is 1.79 bits per heavy atom. The van der Waals surface area contributed by atoms with Crippen molar-refractivity contribution >= 4 is 11.4 Å². The average Bonchev–Trinajstić information content (AvgIpc) is 3.06. The highest BCUT2D eigenvalue weighted by atomic mass is 16.5. The van der Waals surface area contributed by atoms with Gasteiger partial charge in [0.15, 0.2) is 0 Å². The Bertz CT molecular complexity index is 755. The number of aliphatic hydroxyl groups excluding tert-OH is 1. The molecule has 1 aliphatic carbocycles. The van der Waals surface area contributed by atoms with Crippen LogP contribution in [0.5, 0.6) is 0 Å². The standard InChI is InChI=1S/C23H31N3O2/c1-2-21-22(16-26(23(21)24)19-7-9-20(27)10-8-19)18-5-3-17(4-6-18)15-25-11-13-28-14-12-25/h2-6,16,19-20,24,27H,7-15H2,1H3/b21-2-,24-23?/t19-,20-. The number of allylic oxidation sites excluding steroid dienone is 1. The molecule has 2 N–H and O–H groups in total. The molecule has 1 saturated carbocycles. The maximum atomic E-state index is 9.80. The van der Waals surface area contributed by atoms with Gasteiger partial charge >= 0.3 is 0 Å². The van der Waals surface area contributed by atoms with Gasteiger partial charge in [0.25, 0.3) is 0 Å². The van der Waals surface area contributed by atoms with E-state index in [0.717, 1.165) is 69.7 Å². The summed E-state index contributed by atoms with van der Waals surface area (Å²) in [5.41, 5.74) is 4.63. The van der Waals surface area contributed by atoms with Crippen molar-refractivity contribution in [3.8, 4) is 0 Å². The highest BCUT2D eigenvalue weighted by Gasteiger charge is 2.32. The first-order chi connectivity index (χ1) is 13.7. The Balaban J connectivity index is 1.49. The molecule has 4 rings (SSSR count). The van der Waals surface area contributed by atoms with Crippen molar-refractivity contribution in [2.24, 2.45) is 0 Å². The lowest BCUT2D eigenvalue weighted by atomic mass is 9.92. The molecule has 28 heavy (non-hydrogen) atoms. The van der Waals surface area contributed by atoms with Crippen LogP contribution in [0.2, 0.25) is 0 Å². The number of rotatable bonds is 4. The lowest BCUT2D eigenvalue weighted by Crippen LogP contribution is -2.37. The van der Waals surface area contributed by atoms with Crippen molar-refractivity contribution < 1.29 is 9.84 Å². The Hall–Kier alpha value is -1.95. The molecule has 0 atom stereocenters. The molecule has 5 nitrogen and oxygen atoms in total. The Kier molecular flexibility index (Phi) is 5.95. The zero-order valence-corrected chi connectivity index (χ0v) is 16.7. The minimum Gasteiger partial charge on any atom is -0.393 e. The molecule has 0 spiro atoms. The van der Waals surface area contributed by atoms with Crippen LogP contribution >= 0.6 is 0 Å². The Morgan fingerprint density at radius 1 is 1.11 bits per heavy atom. The molecule has 2 aliphatic heterocycles. The summed E-state index contributed by atoms with van der Waals surface area (Å²) in [5.74, 6) is 0.594. The quantitative estimate of drug-likeness (QED) is 0.839. The van der Waals surface area contributed by atoms with E-state index in [1.807, 2.05) is 13.0 Å². The van der Waals surface area contributed by atoms with Gasteiger partial charge in [0.05, 0.1) is 19.3 Å². The number of aliphatic hydroxyl groups is 1. The van der Waals surface area contributed by atoms with Gasteiger partial charge < -0.3 is 14.7 Å². The van der Waals surface area contributed by atoms with Crippen LogP contribution < -0.4 is 0 Å². The summed E-state index contributed by atoms with van der Waals surface area (Å²) in [6, 6.07) is 9.12. The van der Waals surface area contributed by atoms with Crippen molar-refractivity contribution in [1.82, 2.24) is 9.80 Å². The van der Waals surface area contributed by atoms with Gasteiger partial charge in [-0.3, -0.25) is 10.3 Å². The van der Waals surface area contributed by atoms with Crippen molar-refractivity contribution in [2.75, 3.05) is 26.3 Å². The Labute approximate surface area is 167 Å².